The Morgan fingerprint density at radius 3 is 2.71 bits per heavy atom. The van der Waals surface area contributed by atoms with Crippen molar-refractivity contribution in [1.82, 2.24) is 14.2 Å². The third kappa shape index (κ3) is 2.23. The van der Waals surface area contributed by atoms with E-state index in [9.17, 15) is 9.18 Å². The number of hydrogen-bond donors (Lipinski definition) is 0. The van der Waals surface area contributed by atoms with Crippen LogP contribution in [0.5, 0.6) is 0 Å². The van der Waals surface area contributed by atoms with Gasteiger partial charge in [0, 0.05) is 12.1 Å². The van der Waals surface area contributed by atoms with Crippen LogP contribution < -0.4 is 5.56 Å². The summed E-state index contributed by atoms with van der Waals surface area (Å²) in [4.78, 5) is 12.7. The second kappa shape index (κ2) is 5.00. The van der Waals surface area contributed by atoms with E-state index < -0.39 is 5.82 Å². The van der Waals surface area contributed by atoms with Crippen LogP contribution in [0.1, 0.15) is 25.6 Å². The first kappa shape index (κ1) is 13.8. The monoisotopic (exact) mass is 305 g/mol. The summed E-state index contributed by atoms with van der Waals surface area (Å²) in [5, 5.41) is 4.76. The number of rotatable bonds is 2. The van der Waals surface area contributed by atoms with E-state index in [1.807, 2.05) is 13.8 Å². The van der Waals surface area contributed by atoms with Gasteiger partial charge in [0.2, 0.25) is 0 Å². The van der Waals surface area contributed by atoms with Crippen molar-refractivity contribution in [2.45, 2.75) is 19.8 Å². The second-order valence-electron chi connectivity index (χ2n) is 5.09. The van der Waals surface area contributed by atoms with Crippen LogP contribution in [0.2, 0.25) is 5.02 Å². The van der Waals surface area contributed by atoms with E-state index in [2.05, 4.69) is 5.10 Å². The van der Waals surface area contributed by atoms with Crippen molar-refractivity contribution < 1.29 is 4.39 Å². The van der Waals surface area contributed by atoms with Crippen LogP contribution >= 0.6 is 11.6 Å². The van der Waals surface area contributed by atoms with Gasteiger partial charge in [-0.25, -0.2) is 8.91 Å². The summed E-state index contributed by atoms with van der Waals surface area (Å²) >= 11 is 6.05. The summed E-state index contributed by atoms with van der Waals surface area (Å²) in [6.07, 6.45) is 1.64. The highest BCUT2D eigenvalue weighted by molar-refractivity contribution is 6.33. The van der Waals surface area contributed by atoms with Crippen molar-refractivity contribution in [2.24, 2.45) is 0 Å². The SMILES string of the molecule is CC(C)c1nn2ccc(Cl)c2c(=O)n1-c1cccc(F)c1. The van der Waals surface area contributed by atoms with Gasteiger partial charge >= 0.3 is 0 Å². The maximum absolute atomic E-state index is 13.5. The maximum Gasteiger partial charge on any atom is 0.284 e. The molecule has 0 unspecified atom stereocenters. The molecule has 0 aliphatic heterocycles. The molecule has 2 heterocycles. The van der Waals surface area contributed by atoms with Crippen molar-refractivity contribution in [1.29, 1.82) is 0 Å². The average molecular weight is 306 g/mol. The lowest BCUT2D eigenvalue weighted by atomic mass is 10.2. The molecule has 0 saturated carbocycles. The molecular formula is C15H13ClFN3O. The number of hydrogen-bond acceptors (Lipinski definition) is 2. The molecule has 1 aromatic carbocycles. The summed E-state index contributed by atoms with van der Waals surface area (Å²) in [6, 6.07) is 7.49. The molecule has 0 saturated heterocycles. The second-order valence-corrected chi connectivity index (χ2v) is 5.50. The Morgan fingerprint density at radius 1 is 1.29 bits per heavy atom. The van der Waals surface area contributed by atoms with Crippen molar-refractivity contribution in [2.75, 3.05) is 0 Å². The lowest BCUT2D eigenvalue weighted by molar-refractivity contribution is 0.621. The van der Waals surface area contributed by atoms with E-state index in [0.717, 1.165) is 0 Å². The number of nitrogens with zero attached hydrogens (tertiary/aromatic N) is 3. The van der Waals surface area contributed by atoms with Crippen LogP contribution in [0.15, 0.2) is 41.3 Å². The fourth-order valence-electron chi connectivity index (χ4n) is 2.29. The Morgan fingerprint density at radius 2 is 2.05 bits per heavy atom. The van der Waals surface area contributed by atoms with Gasteiger partial charge in [0.25, 0.3) is 5.56 Å². The first-order valence-electron chi connectivity index (χ1n) is 6.55. The minimum absolute atomic E-state index is 0.00783. The normalized spacial score (nSPS) is 11.5. The highest BCUT2D eigenvalue weighted by atomic mass is 35.5. The zero-order chi connectivity index (χ0) is 15.1. The third-order valence-corrected chi connectivity index (χ3v) is 3.55. The van der Waals surface area contributed by atoms with E-state index in [0.29, 0.717) is 16.5 Å². The van der Waals surface area contributed by atoms with Gasteiger partial charge in [-0.05, 0) is 24.3 Å². The molecule has 0 radical (unpaired) electrons. The topological polar surface area (TPSA) is 39.3 Å². The Balaban J connectivity index is 2.44. The van der Waals surface area contributed by atoms with Gasteiger partial charge in [-0.2, -0.15) is 5.10 Å². The molecule has 0 N–H and O–H groups in total. The van der Waals surface area contributed by atoms with Gasteiger partial charge in [0.05, 0.1) is 10.7 Å². The molecule has 108 valence electrons. The smallest absolute Gasteiger partial charge is 0.266 e. The van der Waals surface area contributed by atoms with Gasteiger partial charge in [-0.1, -0.05) is 31.5 Å². The lowest BCUT2D eigenvalue weighted by Gasteiger charge is -2.15. The lowest BCUT2D eigenvalue weighted by Crippen LogP contribution is -2.27. The fourth-order valence-corrected chi connectivity index (χ4v) is 2.51. The molecule has 6 heteroatoms. The van der Waals surface area contributed by atoms with E-state index >= 15 is 0 Å². The minimum Gasteiger partial charge on any atom is -0.266 e. The largest absolute Gasteiger partial charge is 0.284 e. The molecular weight excluding hydrogens is 293 g/mol. The predicted octanol–water partition coefficient (Wildman–Crippen LogP) is 3.40. The highest BCUT2D eigenvalue weighted by Crippen LogP contribution is 2.20. The van der Waals surface area contributed by atoms with Crippen LogP contribution in [-0.4, -0.2) is 14.2 Å². The summed E-state index contributed by atoms with van der Waals surface area (Å²) in [5.41, 5.74) is 0.413. The van der Waals surface area contributed by atoms with Crippen LogP contribution in [0.4, 0.5) is 4.39 Å². The van der Waals surface area contributed by atoms with Crippen molar-refractivity contribution in [3.8, 4) is 5.69 Å². The predicted molar refractivity (Wildman–Crippen MR) is 79.8 cm³/mol. The molecule has 3 rings (SSSR count). The van der Waals surface area contributed by atoms with Crippen molar-refractivity contribution in [3.63, 3.8) is 0 Å². The minimum atomic E-state index is -0.407. The van der Waals surface area contributed by atoms with Gasteiger partial charge in [-0.15, -0.1) is 0 Å². The Bertz CT molecular complexity index is 882. The molecule has 2 aromatic heterocycles. The number of benzene rings is 1. The molecule has 0 spiro atoms. The average Bonchev–Trinajstić information content (AvgIpc) is 2.80. The zero-order valence-corrected chi connectivity index (χ0v) is 12.3. The molecule has 0 amide bonds. The third-order valence-electron chi connectivity index (χ3n) is 3.25. The summed E-state index contributed by atoms with van der Waals surface area (Å²) in [5.74, 6) is 0.132. The first-order chi connectivity index (χ1) is 9.99. The zero-order valence-electron chi connectivity index (χ0n) is 11.5. The molecule has 0 bridgehead atoms. The van der Waals surface area contributed by atoms with Gasteiger partial charge < -0.3 is 0 Å². The van der Waals surface area contributed by atoms with Crippen LogP contribution in [0, 0.1) is 5.82 Å². The maximum atomic E-state index is 13.5. The molecule has 21 heavy (non-hydrogen) atoms. The van der Waals surface area contributed by atoms with Crippen LogP contribution in [-0.2, 0) is 0 Å². The fraction of sp³-hybridized carbons (Fsp3) is 0.200. The number of halogens is 2. The van der Waals surface area contributed by atoms with E-state index in [1.165, 1.54) is 21.2 Å². The quantitative estimate of drug-likeness (QED) is 0.728. The highest BCUT2D eigenvalue weighted by Gasteiger charge is 2.17. The first-order valence-corrected chi connectivity index (χ1v) is 6.92. The van der Waals surface area contributed by atoms with Crippen molar-refractivity contribution in [3.05, 3.63) is 63.5 Å². The van der Waals surface area contributed by atoms with Crippen LogP contribution in [0.25, 0.3) is 11.2 Å². The van der Waals surface area contributed by atoms with Gasteiger partial charge in [0.15, 0.2) is 0 Å². The Labute approximate surface area is 125 Å². The number of aromatic nitrogens is 3. The van der Waals surface area contributed by atoms with Crippen LogP contribution in [0.3, 0.4) is 0 Å². The Kier molecular flexibility index (Phi) is 3.29. The molecule has 0 atom stereocenters. The summed E-state index contributed by atoms with van der Waals surface area (Å²) in [7, 11) is 0. The van der Waals surface area contributed by atoms with E-state index in [1.54, 1.807) is 24.4 Å². The van der Waals surface area contributed by atoms with Gasteiger partial charge in [-0.3, -0.25) is 9.36 Å². The van der Waals surface area contributed by atoms with E-state index in [-0.39, 0.29) is 17.0 Å². The van der Waals surface area contributed by atoms with Gasteiger partial charge in [0.1, 0.15) is 17.2 Å². The Hall–Kier alpha value is -2.14. The molecule has 0 fully saturated rings. The van der Waals surface area contributed by atoms with E-state index in [4.69, 9.17) is 11.6 Å². The van der Waals surface area contributed by atoms with Crippen molar-refractivity contribution >= 4 is 17.1 Å². The summed E-state index contributed by atoms with van der Waals surface area (Å²) in [6.45, 7) is 3.85. The molecule has 3 aromatic rings. The molecule has 4 nitrogen and oxygen atoms in total. The summed E-state index contributed by atoms with van der Waals surface area (Å²) < 4.78 is 16.4. The molecule has 0 aliphatic carbocycles. The standard InChI is InChI=1S/C15H13ClFN3O/c1-9(2)14-18-19-7-6-12(16)13(19)15(21)20(14)11-5-3-4-10(17)8-11/h3-9H,1-2H3. The number of fused-ring (bicyclic) bond motifs is 1. The molecule has 0 aliphatic rings.